The lowest BCUT2D eigenvalue weighted by Gasteiger charge is -2.36. The van der Waals surface area contributed by atoms with Crippen molar-refractivity contribution in [2.45, 2.75) is 59.0 Å². The molecular formula is C23H29NO5. The van der Waals surface area contributed by atoms with Crippen molar-refractivity contribution in [3.8, 4) is 11.5 Å². The maximum Gasteiger partial charge on any atom is 0.336 e. The zero-order valence-corrected chi connectivity index (χ0v) is 17.8. The second-order valence-corrected chi connectivity index (χ2v) is 7.67. The van der Waals surface area contributed by atoms with Crippen LogP contribution in [-0.2, 0) is 14.3 Å². The highest BCUT2D eigenvalue weighted by Gasteiger charge is 2.44. The van der Waals surface area contributed by atoms with Gasteiger partial charge in [0.05, 0.1) is 31.3 Å². The van der Waals surface area contributed by atoms with Gasteiger partial charge in [0.25, 0.3) is 0 Å². The van der Waals surface area contributed by atoms with Crippen molar-refractivity contribution in [2.75, 3.05) is 13.7 Å². The SMILES string of the molecule is CCOc1ccc(C2C(C(=O)OC(C)C)=C(C)N=C3CCCC(=O)C32)cc1OC. The summed E-state index contributed by atoms with van der Waals surface area (Å²) >= 11 is 0. The van der Waals surface area contributed by atoms with E-state index in [1.165, 1.54) is 0 Å². The lowest BCUT2D eigenvalue weighted by atomic mass is 9.69. The average Bonchev–Trinajstić information content (AvgIpc) is 2.67. The van der Waals surface area contributed by atoms with E-state index in [0.29, 0.717) is 35.8 Å². The molecule has 1 fully saturated rings. The number of rotatable bonds is 6. The Morgan fingerprint density at radius 3 is 2.62 bits per heavy atom. The minimum absolute atomic E-state index is 0.121. The Morgan fingerprint density at radius 1 is 1.21 bits per heavy atom. The molecule has 1 aliphatic carbocycles. The summed E-state index contributed by atoms with van der Waals surface area (Å²) in [5.74, 6) is 0.0268. The first kappa shape index (κ1) is 21.1. The number of methoxy groups -OCH3 is 1. The molecule has 1 aliphatic heterocycles. The first-order chi connectivity index (χ1) is 13.9. The number of fused-ring (bicyclic) bond motifs is 1. The Balaban J connectivity index is 2.14. The molecule has 0 N–H and O–H groups in total. The maximum absolute atomic E-state index is 13.0. The molecular weight excluding hydrogens is 370 g/mol. The molecule has 0 amide bonds. The number of nitrogens with zero attached hydrogens (tertiary/aromatic N) is 1. The molecule has 29 heavy (non-hydrogen) atoms. The fraction of sp³-hybridized carbons (Fsp3) is 0.522. The predicted octanol–water partition coefficient (Wildman–Crippen LogP) is 4.23. The molecule has 156 valence electrons. The van der Waals surface area contributed by atoms with Crippen molar-refractivity contribution in [2.24, 2.45) is 10.9 Å². The molecule has 2 unspecified atom stereocenters. The number of allylic oxidation sites excluding steroid dienone is 1. The average molecular weight is 399 g/mol. The van der Waals surface area contributed by atoms with Crippen LogP contribution < -0.4 is 9.47 Å². The van der Waals surface area contributed by atoms with Crippen molar-refractivity contribution in [3.63, 3.8) is 0 Å². The van der Waals surface area contributed by atoms with Gasteiger partial charge in [-0.05, 0) is 58.2 Å². The number of ether oxygens (including phenoxy) is 3. The van der Waals surface area contributed by atoms with Gasteiger partial charge in [-0.1, -0.05) is 6.07 Å². The number of carbonyl (C=O) groups is 2. The molecule has 2 aliphatic rings. The van der Waals surface area contributed by atoms with Crippen molar-refractivity contribution in [1.82, 2.24) is 0 Å². The molecule has 0 bridgehead atoms. The fourth-order valence-electron chi connectivity index (χ4n) is 4.18. The summed E-state index contributed by atoms with van der Waals surface area (Å²) in [7, 11) is 1.58. The molecule has 6 heteroatoms. The van der Waals surface area contributed by atoms with Crippen LogP contribution in [0.2, 0.25) is 0 Å². The Morgan fingerprint density at radius 2 is 1.97 bits per heavy atom. The number of aliphatic imine (C=N–C) groups is 1. The number of Topliss-reactive ketones (excluding diaryl/α,β-unsaturated/α-hetero) is 1. The second kappa shape index (κ2) is 8.80. The molecule has 1 saturated carbocycles. The minimum atomic E-state index is -0.440. The van der Waals surface area contributed by atoms with Gasteiger partial charge in [0.2, 0.25) is 0 Å². The van der Waals surface area contributed by atoms with Crippen LogP contribution in [0.5, 0.6) is 11.5 Å². The number of benzene rings is 1. The van der Waals surface area contributed by atoms with Gasteiger partial charge < -0.3 is 14.2 Å². The third-order valence-electron chi connectivity index (χ3n) is 5.32. The van der Waals surface area contributed by atoms with E-state index in [-0.39, 0.29) is 11.9 Å². The standard InChI is InChI=1S/C23H29NO5/c1-6-28-18-11-10-15(12-19(18)27-5)21-20(23(26)29-13(2)3)14(4)24-16-8-7-9-17(25)22(16)21/h10-13,21-22H,6-9H2,1-5H3. The van der Waals surface area contributed by atoms with Crippen molar-refractivity contribution >= 4 is 17.5 Å². The number of hydrogen-bond acceptors (Lipinski definition) is 6. The summed E-state index contributed by atoms with van der Waals surface area (Å²) in [6.07, 6.45) is 1.81. The fourth-order valence-corrected chi connectivity index (χ4v) is 4.18. The zero-order valence-electron chi connectivity index (χ0n) is 17.8. The van der Waals surface area contributed by atoms with Gasteiger partial charge in [-0.2, -0.15) is 0 Å². The molecule has 2 atom stereocenters. The van der Waals surface area contributed by atoms with Gasteiger partial charge in [-0.15, -0.1) is 0 Å². The summed E-state index contributed by atoms with van der Waals surface area (Å²) in [5, 5.41) is 0. The lowest BCUT2D eigenvalue weighted by Crippen LogP contribution is -2.39. The van der Waals surface area contributed by atoms with E-state index in [2.05, 4.69) is 4.99 Å². The monoisotopic (exact) mass is 399 g/mol. The normalized spacial score (nSPS) is 21.6. The van der Waals surface area contributed by atoms with Crippen molar-refractivity contribution in [3.05, 3.63) is 35.0 Å². The summed E-state index contributed by atoms with van der Waals surface area (Å²) in [5.41, 5.74) is 2.76. The Bertz CT molecular complexity index is 868. The van der Waals surface area contributed by atoms with E-state index in [4.69, 9.17) is 14.2 Å². The van der Waals surface area contributed by atoms with Gasteiger partial charge in [0, 0.05) is 23.7 Å². The van der Waals surface area contributed by atoms with Crippen LogP contribution in [0.15, 0.2) is 34.5 Å². The number of carbonyl (C=O) groups excluding carboxylic acids is 2. The van der Waals surface area contributed by atoms with Crippen LogP contribution in [0, 0.1) is 5.92 Å². The molecule has 3 rings (SSSR count). The van der Waals surface area contributed by atoms with Crippen LogP contribution >= 0.6 is 0 Å². The van der Waals surface area contributed by atoms with Crippen LogP contribution in [0.1, 0.15) is 58.4 Å². The number of hydrogen-bond donors (Lipinski definition) is 0. The number of ketones is 1. The van der Waals surface area contributed by atoms with E-state index in [1.807, 2.05) is 45.9 Å². The molecule has 1 aromatic carbocycles. The molecule has 1 heterocycles. The van der Waals surface area contributed by atoms with Crippen LogP contribution in [0.3, 0.4) is 0 Å². The van der Waals surface area contributed by atoms with Gasteiger partial charge in [0.15, 0.2) is 11.5 Å². The summed E-state index contributed by atoms with van der Waals surface area (Å²) in [6, 6.07) is 5.59. The van der Waals surface area contributed by atoms with Crippen molar-refractivity contribution in [1.29, 1.82) is 0 Å². The maximum atomic E-state index is 13.0. The van der Waals surface area contributed by atoms with Gasteiger partial charge >= 0.3 is 5.97 Å². The summed E-state index contributed by atoms with van der Waals surface area (Å²) < 4.78 is 16.6. The number of esters is 1. The smallest absolute Gasteiger partial charge is 0.336 e. The van der Waals surface area contributed by atoms with E-state index < -0.39 is 17.8 Å². The Labute approximate surface area is 171 Å². The highest BCUT2D eigenvalue weighted by Crippen LogP contribution is 2.45. The molecule has 0 saturated heterocycles. The third-order valence-corrected chi connectivity index (χ3v) is 5.32. The molecule has 0 spiro atoms. The zero-order chi connectivity index (χ0) is 21.1. The van der Waals surface area contributed by atoms with Crippen LogP contribution in [0.25, 0.3) is 0 Å². The van der Waals surface area contributed by atoms with Gasteiger partial charge in [-0.25, -0.2) is 4.79 Å². The largest absolute Gasteiger partial charge is 0.493 e. The molecule has 1 aromatic rings. The van der Waals surface area contributed by atoms with Crippen LogP contribution in [0.4, 0.5) is 0 Å². The highest BCUT2D eigenvalue weighted by molar-refractivity contribution is 6.11. The quantitative estimate of drug-likeness (QED) is 0.670. The first-order valence-electron chi connectivity index (χ1n) is 10.2. The summed E-state index contributed by atoms with van der Waals surface area (Å²) in [6.45, 7) is 7.86. The Hall–Kier alpha value is -2.63. The highest BCUT2D eigenvalue weighted by atomic mass is 16.5. The summed E-state index contributed by atoms with van der Waals surface area (Å²) in [4.78, 5) is 30.6. The Kier molecular flexibility index (Phi) is 6.40. The second-order valence-electron chi connectivity index (χ2n) is 7.67. The lowest BCUT2D eigenvalue weighted by molar-refractivity contribution is -0.143. The first-order valence-corrected chi connectivity index (χ1v) is 10.2. The van der Waals surface area contributed by atoms with Gasteiger partial charge in [0.1, 0.15) is 5.78 Å². The molecule has 0 radical (unpaired) electrons. The molecule has 0 aromatic heterocycles. The van der Waals surface area contributed by atoms with Gasteiger partial charge in [-0.3, -0.25) is 9.79 Å². The van der Waals surface area contributed by atoms with E-state index in [1.54, 1.807) is 7.11 Å². The predicted molar refractivity (Wildman–Crippen MR) is 111 cm³/mol. The van der Waals surface area contributed by atoms with E-state index in [0.717, 1.165) is 24.1 Å². The van der Waals surface area contributed by atoms with E-state index >= 15 is 0 Å². The van der Waals surface area contributed by atoms with Crippen LogP contribution in [-0.4, -0.2) is 37.3 Å². The van der Waals surface area contributed by atoms with Crippen molar-refractivity contribution < 1.29 is 23.8 Å². The minimum Gasteiger partial charge on any atom is -0.493 e. The third kappa shape index (κ3) is 4.21. The molecule has 6 nitrogen and oxygen atoms in total. The van der Waals surface area contributed by atoms with E-state index in [9.17, 15) is 9.59 Å². The topological polar surface area (TPSA) is 74.2 Å².